The predicted molar refractivity (Wildman–Crippen MR) is 88.6 cm³/mol. The molecule has 126 valence electrons. The molecule has 1 N–H and O–H groups in total. The molecule has 6 nitrogen and oxygen atoms in total. The standard InChI is InChI=1S/C18H21N3O3/c1-13-11-20(10-7-16(13)18(23)24)17(22)15-5-3-14(4-6-15)12-21-9-2-8-19-21/h2-6,8-9,13,16H,7,10-12H2,1H3,(H,23,24). The molecular formula is C18H21N3O3. The molecule has 2 unspecified atom stereocenters. The molecule has 0 radical (unpaired) electrons. The lowest BCUT2D eigenvalue weighted by atomic mass is 9.87. The first kappa shape index (κ1) is 16.2. The van der Waals surface area contributed by atoms with Crippen LogP contribution in [-0.4, -0.2) is 44.8 Å². The second-order valence-electron chi connectivity index (χ2n) is 6.36. The summed E-state index contributed by atoms with van der Waals surface area (Å²) in [5, 5.41) is 13.3. The highest BCUT2D eigenvalue weighted by atomic mass is 16.4. The van der Waals surface area contributed by atoms with Crippen LogP contribution in [0, 0.1) is 11.8 Å². The van der Waals surface area contributed by atoms with Gasteiger partial charge in [-0.05, 0) is 36.1 Å². The Hall–Kier alpha value is -2.63. The highest BCUT2D eigenvalue weighted by molar-refractivity contribution is 5.94. The molecule has 0 saturated carbocycles. The summed E-state index contributed by atoms with van der Waals surface area (Å²) in [5.74, 6) is -1.18. The highest BCUT2D eigenvalue weighted by Crippen LogP contribution is 2.24. The zero-order valence-corrected chi connectivity index (χ0v) is 13.6. The lowest BCUT2D eigenvalue weighted by Crippen LogP contribution is -2.45. The summed E-state index contributed by atoms with van der Waals surface area (Å²) in [6.07, 6.45) is 4.15. The first-order chi connectivity index (χ1) is 11.5. The number of carbonyl (C=O) groups excluding carboxylic acids is 1. The van der Waals surface area contributed by atoms with Gasteiger partial charge in [-0.1, -0.05) is 19.1 Å². The van der Waals surface area contributed by atoms with Gasteiger partial charge in [0, 0.05) is 31.0 Å². The molecule has 0 aliphatic carbocycles. The third kappa shape index (κ3) is 3.48. The van der Waals surface area contributed by atoms with Crippen molar-refractivity contribution in [3.05, 3.63) is 53.9 Å². The van der Waals surface area contributed by atoms with Crippen LogP contribution in [0.2, 0.25) is 0 Å². The minimum absolute atomic E-state index is 0.0284. The number of hydrogen-bond donors (Lipinski definition) is 1. The van der Waals surface area contributed by atoms with Crippen LogP contribution < -0.4 is 0 Å². The number of nitrogens with zero attached hydrogens (tertiary/aromatic N) is 3. The lowest BCUT2D eigenvalue weighted by molar-refractivity contribution is -0.145. The fraction of sp³-hybridized carbons (Fsp3) is 0.389. The van der Waals surface area contributed by atoms with E-state index in [0.29, 0.717) is 31.6 Å². The van der Waals surface area contributed by atoms with Crippen molar-refractivity contribution in [1.29, 1.82) is 0 Å². The molecule has 1 saturated heterocycles. The van der Waals surface area contributed by atoms with E-state index in [4.69, 9.17) is 0 Å². The molecule has 24 heavy (non-hydrogen) atoms. The van der Waals surface area contributed by atoms with E-state index in [2.05, 4.69) is 5.10 Å². The van der Waals surface area contributed by atoms with Crippen molar-refractivity contribution in [2.45, 2.75) is 19.9 Å². The first-order valence-electron chi connectivity index (χ1n) is 8.13. The van der Waals surface area contributed by atoms with Gasteiger partial charge in [-0.25, -0.2) is 0 Å². The summed E-state index contributed by atoms with van der Waals surface area (Å²) in [4.78, 5) is 25.5. The number of aromatic nitrogens is 2. The predicted octanol–water partition coefficient (Wildman–Crippen LogP) is 2.11. The van der Waals surface area contributed by atoms with Crippen molar-refractivity contribution in [3.63, 3.8) is 0 Å². The van der Waals surface area contributed by atoms with Crippen molar-refractivity contribution >= 4 is 11.9 Å². The minimum Gasteiger partial charge on any atom is -0.481 e. The molecule has 1 amide bonds. The van der Waals surface area contributed by atoms with Crippen LogP contribution in [0.3, 0.4) is 0 Å². The smallest absolute Gasteiger partial charge is 0.306 e. The van der Waals surface area contributed by atoms with E-state index in [1.165, 1.54) is 0 Å². The molecule has 2 heterocycles. The van der Waals surface area contributed by atoms with Gasteiger partial charge in [-0.3, -0.25) is 14.3 Å². The van der Waals surface area contributed by atoms with Gasteiger partial charge in [0.2, 0.25) is 0 Å². The van der Waals surface area contributed by atoms with Crippen molar-refractivity contribution in [3.8, 4) is 0 Å². The maximum Gasteiger partial charge on any atom is 0.306 e. The van der Waals surface area contributed by atoms with E-state index in [1.54, 1.807) is 11.1 Å². The van der Waals surface area contributed by atoms with E-state index in [-0.39, 0.29) is 17.7 Å². The van der Waals surface area contributed by atoms with Crippen LogP contribution >= 0.6 is 0 Å². The fourth-order valence-corrected chi connectivity index (χ4v) is 3.21. The molecular weight excluding hydrogens is 306 g/mol. The average Bonchev–Trinajstić information content (AvgIpc) is 3.07. The summed E-state index contributed by atoms with van der Waals surface area (Å²) < 4.78 is 1.83. The van der Waals surface area contributed by atoms with Gasteiger partial charge in [0.25, 0.3) is 5.91 Å². The minimum atomic E-state index is -0.766. The van der Waals surface area contributed by atoms with Crippen molar-refractivity contribution < 1.29 is 14.7 Å². The number of carboxylic acids is 1. The molecule has 1 fully saturated rings. The Bertz CT molecular complexity index is 710. The van der Waals surface area contributed by atoms with E-state index < -0.39 is 5.97 Å². The monoisotopic (exact) mass is 327 g/mol. The molecule has 1 aliphatic heterocycles. The van der Waals surface area contributed by atoms with Gasteiger partial charge in [-0.15, -0.1) is 0 Å². The van der Waals surface area contributed by atoms with Crippen LogP contribution in [0.1, 0.15) is 29.3 Å². The molecule has 2 aromatic rings. The number of aliphatic carboxylic acids is 1. The SMILES string of the molecule is CC1CN(C(=O)c2ccc(Cn3cccn3)cc2)CCC1C(=O)O. The average molecular weight is 327 g/mol. The molecule has 0 bridgehead atoms. The second-order valence-corrected chi connectivity index (χ2v) is 6.36. The molecule has 2 atom stereocenters. The topological polar surface area (TPSA) is 75.4 Å². The zero-order chi connectivity index (χ0) is 17.1. The van der Waals surface area contributed by atoms with Crippen LogP contribution in [0.5, 0.6) is 0 Å². The summed E-state index contributed by atoms with van der Waals surface area (Å²) in [7, 11) is 0. The summed E-state index contributed by atoms with van der Waals surface area (Å²) in [6, 6.07) is 9.40. The van der Waals surface area contributed by atoms with Gasteiger partial charge < -0.3 is 10.0 Å². The van der Waals surface area contributed by atoms with Crippen LogP contribution in [0.4, 0.5) is 0 Å². The van der Waals surface area contributed by atoms with Crippen LogP contribution in [-0.2, 0) is 11.3 Å². The van der Waals surface area contributed by atoms with Crippen molar-refractivity contribution in [2.24, 2.45) is 11.8 Å². The van der Waals surface area contributed by atoms with Crippen molar-refractivity contribution in [2.75, 3.05) is 13.1 Å². The highest BCUT2D eigenvalue weighted by Gasteiger charge is 2.33. The Kier molecular flexibility index (Phi) is 4.64. The number of carboxylic acid groups (broad SMARTS) is 1. The van der Waals surface area contributed by atoms with E-state index in [1.807, 2.05) is 48.1 Å². The summed E-state index contributed by atoms with van der Waals surface area (Å²) in [6.45, 7) is 3.55. The van der Waals surface area contributed by atoms with Gasteiger partial charge in [0.15, 0.2) is 0 Å². The maximum absolute atomic E-state index is 12.6. The van der Waals surface area contributed by atoms with Crippen molar-refractivity contribution in [1.82, 2.24) is 14.7 Å². The molecule has 3 rings (SSSR count). The second kappa shape index (κ2) is 6.86. The number of likely N-dealkylation sites (tertiary alicyclic amines) is 1. The largest absolute Gasteiger partial charge is 0.481 e. The van der Waals surface area contributed by atoms with Gasteiger partial charge in [-0.2, -0.15) is 5.10 Å². The molecule has 1 aliphatic rings. The quantitative estimate of drug-likeness (QED) is 0.933. The Morgan fingerprint density at radius 2 is 2.04 bits per heavy atom. The molecule has 1 aromatic carbocycles. The molecule has 1 aromatic heterocycles. The number of piperidine rings is 1. The number of benzene rings is 1. The Morgan fingerprint density at radius 1 is 1.29 bits per heavy atom. The number of amides is 1. The lowest BCUT2D eigenvalue weighted by Gasteiger charge is -2.35. The zero-order valence-electron chi connectivity index (χ0n) is 13.6. The molecule has 6 heteroatoms. The Balaban J connectivity index is 1.64. The third-order valence-corrected chi connectivity index (χ3v) is 4.61. The summed E-state index contributed by atoms with van der Waals surface area (Å²) in [5.41, 5.74) is 1.72. The van der Waals surface area contributed by atoms with E-state index in [9.17, 15) is 14.7 Å². The number of hydrogen-bond acceptors (Lipinski definition) is 3. The van der Waals surface area contributed by atoms with Gasteiger partial charge in [0.05, 0.1) is 12.5 Å². The van der Waals surface area contributed by atoms with Crippen LogP contribution in [0.25, 0.3) is 0 Å². The first-order valence-corrected chi connectivity index (χ1v) is 8.13. The molecule has 0 spiro atoms. The van der Waals surface area contributed by atoms with Crippen LogP contribution in [0.15, 0.2) is 42.7 Å². The number of carbonyl (C=O) groups is 2. The Morgan fingerprint density at radius 3 is 2.62 bits per heavy atom. The van der Waals surface area contributed by atoms with Gasteiger partial charge in [0.1, 0.15) is 0 Å². The third-order valence-electron chi connectivity index (χ3n) is 4.61. The maximum atomic E-state index is 12.6. The van der Waals surface area contributed by atoms with E-state index in [0.717, 1.165) is 5.56 Å². The fourth-order valence-electron chi connectivity index (χ4n) is 3.21. The summed E-state index contributed by atoms with van der Waals surface area (Å²) >= 11 is 0. The Labute approximate surface area is 140 Å². The normalized spacial score (nSPS) is 20.8. The van der Waals surface area contributed by atoms with Gasteiger partial charge >= 0.3 is 5.97 Å². The number of rotatable bonds is 4. The van der Waals surface area contributed by atoms with E-state index >= 15 is 0 Å².